The van der Waals surface area contributed by atoms with Gasteiger partial charge in [-0.1, -0.05) is 6.07 Å². The van der Waals surface area contributed by atoms with Crippen LogP contribution in [0.4, 0.5) is 11.4 Å². The molecular weight excluding hydrogens is 330 g/mol. The molecule has 1 aromatic carbocycles. The van der Waals surface area contributed by atoms with Gasteiger partial charge in [0.15, 0.2) is 0 Å². The van der Waals surface area contributed by atoms with Crippen LogP contribution in [0.2, 0.25) is 0 Å². The maximum Gasteiger partial charge on any atom is 0.238 e. The molecule has 1 aromatic heterocycles. The summed E-state index contributed by atoms with van der Waals surface area (Å²) in [7, 11) is 0. The van der Waals surface area contributed by atoms with Gasteiger partial charge in [-0.3, -0.25) is 9.69 Å². The molecule has 0 spiro atoms. The highest BCUT2D eigenvalue weighted by Crippen LogP contribution is 2.34. The molecule has 1 atom stereocenters. The van der Waals surface area contributed by atoms with E-state index in [1.807, 2.05) is 12.1 Å². The Morgan fingerprint density at radius 3 is 2.60 bits per heavy atom. The van der Waals surface area contributed by atoms with Gasteiger partial charge in [-0.15, -0.1) is 11.3 Å². The molecule has 25 heavy (non-hydrogen) atoms. The van der Waals surface area contributed by atoms with Crippen molar-refractivity contribution in [3.05, 3.63) is 46.7 Å². The average molecular weight is 356 g/mol. The number of carbonyl (C=O) groups is 1. The number of thiophene rings is 1. The number of nitrogens with one attached hydrogen (secondary N) is 1. The average Bonchev–Trinajstić information content (AvgIpc) is 3.37. The van der Waals surface area contributed by atoms with Crippen molar-refractivity contribution in [2.24, 2.45) is 0 Å². The minimum Gasteiger partial charge on any atom is -0.372 e. The molecule has 4 nitrogen and oxygen atoms in total. The summed E-state index contributed by atoms with van der Waals surface area (Å²) in [5.41, 5.74) is 2.15. The molecule has 5 heteroatoms. The summed E-state index contributed by atoms with van der Waals surface area (Å²) in [5, 5.41) is 5.18. The molecule has 2 fully saturated rings. The first-order valence-corrected chi connectivity index (χ1v) is 10.1. The second-order valence-electron chi connectivity index (χ2n) is 6.93. The molecule has 0 aliphatic carbocycles. The number of rotatable bonds is 5. The molecule has 2 aromatic rings. The zero-order chi connectivity index (χ0) is 17.1. The largest absolute Gasteiger partial charge is 0.372 e. The third kappa shape index (κ3) is 3.88. The lowest BCUT2D eigenvalue weighted by atomic mass is 10.2. The highest BCUT2D eigenvalue weighted by Gasteiger charge is 2.28. The zero-order valence-corrected chi connectivity index (χ0v) is 15.3. The van der Waals surface area contributed by atoms with E-state index in [0.717, 1.165) is 31.7 Å². The molecule has 2 aliphatic heterocycles. The van der Waals surface area contributed by atoms with Crippen molar-refractivity contribution in [2.45, 2.75) is 31.7 Å². The molecular formula is C20H25N3OS. The van der Waals surface area contributed by atoms with E-state index in [-0.39, 0.29) is 5.91 Å². The molecule has 0 radical (unpaired) electrons. The van der Waals surface area contributed by atoms with Crippen molar-refractivity contribution < 1.29 is 4.79 Å². The fraction of sp³-hybridized carbons (Fsp3) is 0.450. The Labute approximate surface area is 153 Å². The summed E-state index contributed by atoms with van der Waals surface area (Å²) in [5.74, 6) is 0.0809. The Morgan fingerprint density at radius 1 is 1.08 bits per heavy atom. The summed E-state index contributed by atoms with van der Waals surface area (Å²) in [6.07, 6.45) is 4.87. The molecule has 132 valence electrons. The summed E-state index contributed by atoms with van der Waals surface area (Å²) in [6.45, 7) is 3.76. The minimum atomic E-state index is 0.0809. The van der Waals surface area contributed by atoms with Gasteiger partial charge in [0.05, 0.1) is 6.54 Å². The van der Waals surface area contributed by atoms with E-state index < -0.39 is 0 Å². The van der Waals surface area contributed by atoms with Gasteiger partial charge in [-0.25, -0.2) is 0 Å². The van der Waals surface area contributed by atoms with Crippen molar-refractivity contribution in [2.75, 3.05) is 36.4 Å². The predicted octanol–water partition coefficient (Wildman–Crippen LogP) is 4.12. The highest BCUT2D eigenvalue weighted by molar-refractivity contribution is 7.10. The second kappa shape index (κ2) is 7.58. The van der Waals surface area contributed by atoms with Crippen LogP contribution in [0, 0.1) is 0 Å². The van der Waals surface area contributed by atoms with Gasteiger partial charge in [0, 0.05) is 35.4 Å². The van der Waals surface area contributed by atoms with Crippen LogP contribution < -0.4 is 10.2 Å². The lowest BCUT2D eigenvalue weighted by molar-refractivity contribution is -0.117. The van der Waals surface area contributed by atoms with Crippen molar-refractivity contribution in [3.8, 4) is 0 Å². The van der Waals surface area contributed by atoms with E-state index >= 15 is 0 Å². The molecule has 1 unspecified atom stereocenters. The number of hydrogen-bond acceptors (Lipinski definition) is 4. The lowest BCUT2D eigenvalue weighted by Crippen LogP contribution is -2.32. The monoisotopic (exact) mass is 355 g/mol. The van der Waals surface area contributed by atoms with Crippen molar-refractivity contribution in [1.29, 1.82) is 0 Å². The van der Waals surface area contributed by atoms with E-state index in [0.29, 0.717) is 12.6 Å². The van der Waals surface area contributed by atoms with Gasteiger partial charge in [0.1, 0.15) is 0 Å². The standard InChI is InChI=1S/C20H25N3OS/c24-20(15-23-13-3-5-18(23)19-6-4-14-25-19)21-16-7-9-17(10-8-16)22-11-1-2-12-22/h4,6-10,14,18H,1-3,5,11-13,15H2,(H,21,24). The number of likely N-dealkylation sites (tertiary alicyclic amines) is 1. The van der Waals surface area contributed by atoms with Crippen LogP contribution in [0.1, 0.15) is 36.6 Å². The van der Waals surface area contributed by atoms with Crippen LogP contribution in [0.15, 0.2) is 41.8 Å². The van der Waals surface area contributed by atoms with Crippen LogP contribution in [0.25, 0.3) is 0 Å². The Morgan fingerprint density at radius 2 is 1.88 bits per heavy atom. The third-order valence-electron chi connectivity index (χ3n) is 5.20. The first kappa shape index (κ1) is 16.6. The van der Waals surface area contributed by atoms with E-state index in [1.54, 1.807) is 11.3 Å². The Hall–Kier alpha value is -1.85. The number of anilines is 2. The number of nitrogens with zero attached hydrogens (tertiary/aromatic N) is 2. The maximum atomic E-state index is 12.5. The SMILES string of the molecule is O=C(CN1CCCC1c1cccs1)Nc1ccc(N2CCCC2)cc1. The Balaban J connectivity index is 1.34. The summed E-state index contributed by atoms with van der Waals surface area (Å²) in [6, 6.07) is 13.0. The van der Waals surface area contributed by atoms with E-state index in [1.165, 1.54) is 29.8 Å². The minimum absolute atomic E-state index is 0.0809. The number of hydrogen-bond donors (Lipinski definition) is 1. The summed E-state index contributed by atoms with van der Waals surface area (Å²) < 4.78 is 0. The first-order valence-electron chi connectivity index (χ1n) is 9.22. The van der Waals surface area contributed by atoms with Crippen LogP contribution >= 0.6 is 11.3 Å². The Kier molecular flexibility index (Phi) is 5.04. The number of amides is 1. The fourth-order valence-electron chi connectivity index (χ4n) is 3.93. The van der Waals surface area contributed by atoms with Gasteiger partial charge in [-0.05, 0) is 67.9 Å². The number of benzene rings is 1. The van der Waals surface area contributed by atoms with E-state index in [9.17, 15) is 4.79 Å². The summed E-state index contributed by atoms with van der Waals surface area (Å²) in [4.78, 5) is 18.5. The quantitative estimate of drug-likeness (QED) is 0.876. The molecule has 2 aliphatic rings. The molecule has 1 amide bonds. The fourth-order valence-corrected chi connectivity index (χ4v) is 4.83. The van der Waals surface area contributed by atoms with Crippen molar-refractivity contribution >= 4 is 28.6 Å². The zero-order valence-electron chi connectivity index (χ0n) is 14.5. The van der Waals surface area contributed by atoms with Crippen molar-refractivity contribution in [1.82, 2.24) is 4.90 Å². The van der Waals surface area contributed by atoms with Gasteiger partial charge >= 0.3 is 0 Å². The molecule has 2 saturated heterocycles. The molecule has 3 heterocycles. The summed E-state index contributed by atoms with van der Waals surface area (Å²) >= 11 is 1.79. The van der Waals surface area contributed by atoms with Crippen molar-refractivity contribution in [3.63, 3.8) is 0 Å². The van der Waals surface area contributed by atoms with Gasteiger partial charge < -0.3 is 10.2 Å². The smallest absolute Gasteiger partial charge is 0.238 e. The first-order chi connectivity index (χ1) is 12.3. The maximum absolute atomic E-state index is 12.5. The van der Waals surface area contributed by atoms with E-state index in [2.05, 4.69) is 44.8 Å². The van der Waals surface area contributed by atoms with Crippen LogP contribution in [0.3, 0.4) is 0 Å². The van der Waals surface area contributed by atoms with Crippen LogP contribution in [-0.2, 0) is 4.79 Å². The molecule has 0 saturated carbocycles. The normalized spacial score (nSPS) is 21.0. The van der Waals surface area contributed by atoms with Gasteiger partial charge in [0.25, 0.3) is 0 Å². The lowest BCUT2D eigenvalue weighted by Gasteiger charge is -2.23. The topological polar surface area (TPSA) is 35.6 Å². The van der Waals surface area contributed by atoms with E-state index in [4.69, 9.17) is 0 Å². The highest BCUT2D eigenvalue weighted by atomic mass is 32.1. The molecule has 0 bridgehead atoms. The van der Waals surface area contributed by atoms with Gasteiger partial charge in [-0.2, -0.15) is 0 Å². The number of carbonyl (C=O) groups excluding carboxylic acids is 1. The van der Waals surface area contributed by atoms with Crippen LogP contribution in [-0.4, -0.2) is 37.0 Å². The van der Waals surface area contributed by atoms with Crippen LogP contribution in [0.5, 0.6) is 0 Å². The van der Waals surface area contributed by atoms with Gasteiger partial charge in [0.2, 0.25) is 5.91 Å². The Bertz CT molecular complexity index is 692. The second-order valence-corrected chi connectivity index (χ2v) is 7.91. The predicted molar refractivity (Wildman–Crippen MR) is 104 cm³/mol. The third-order valence-corrected chi connectivity index (χ3v) is 6.18. The molecule has 4 rings (SSSR count). The molecule has 1 N–H and O–H groups in total.